The number of carbonyl (C=O) groups is 1. The fourth-order valence-corrected chi connectivity index (χ4v) is 6.13. The van der Waals surface area contributed by atoms with Crippen molar-refractivity contribution in [1.82, 2.24) is 14.8 Å². The number of aromatic nitrogens is 3. The van der Waals surface area contributed by atoms with E-state index in [1.165, 1.54) is 23.9 Å². The first-order valence-corrected chi connectivity index (χ1v) is 12.8. The fourth-order valence-electron chi connectivity index (χ4n) is 5.95. The van der Waals surface area contributed by atoms with E-state index in [0.717, 1.165) is 24.2 Å². The number of anilines is 1. The number of esters is 1. The van der Waals surface area contributed by atoms with Gasteiger partial charge in [-0.25, -0.2) is 14.5 Å². The smallest absolute Gasteiger partial charge is 0.338 e. The molecule has 9 nitrogen and oxygen atoms in total. The maximum absolute atomic E-state index is 12.4. The molecular formula is C27H27ClN4O5. The number of pyridine rings is 1. The van der Waals surface area contributed by atoms with Crippen molar-refractivity contribution in [2.45, 2.75) is 43.3 Å². The summed E-state index contributed by atoms with van der Waals surface area (Å²) in [4.78, 5) is 19.2. The second-order valence-electron chi connectivity index (χ2n) is 10.0. The van der Waals surface area contributed by atoms with Gasteiger partial charge in [-0.05, 0) is 42.9 Å². The zero-order valence-electron chi connectivity index (χ0n) is 20.0. The van der Waals surface area contributed by atoms with Crippen LogP contribution in [-0.4, -0.2) is 68.5 Å². The number of benzene rings is 1. The minimum absolute atomic E-state index is 0.286. The maximum Gasteiger partial charge on any atom is 0.338 e. The molecule has 192 valence electrons. The molecule has 37 heavy (non-hydrogen) atoms. The van der Waals surface area contributed by atoms with Gasteiger partial charge in [0.25, 0.3) is 0 Å². The molecule has 3 aromatic rings. The Hall–Kier alpha value is -3.16. The lowest BCUT2D eigenvalue weighted by molar-refractivity contribution is -0.0688. The van der Waals surface area contributed by atoms with Crippen LogP contribution in [0.25, 0.3) is 11.0 Å². The highest BCUT2D eigenvalue weighted by Gasteiger charge is 2.56. The van der Waals surface area contributed by atoms with E-state index in [-0.39, 0.29) is 11.8 Å². The van der Waals surface area contributed by atoms with Crippen molar-refractivity contribution in [1.29, 1.82) is 0 Å². The van der Waals surface area contributed by atoms with Crippen LogP contribution in [0.5, 0.6) is 0 Å². The van der Waals surface area contributed by atoms with Crippen molar-refractivity contribution in [3.8, 4) is 12.3 Å². The topological polar surface area (TPSA) is 110 Å². The number of carbonyl (C=O) groups excluding carboxylic acids is 1. The maximum atomic E-state index is 12.4. The molecule has 3 fully saturated rings. The van der Waals surface area contributed by atoms with Gasteiger partial charge in [0.1, 0.15) is 24.0 Å². The Balaban J connectivity index is 1.27. The van der Waals surface area contributed by atoms with Crippen molar-refractivity contribution < 1.29 is 24.5 Å². The summed E-state index contributed by atoms with van der Waals surface area (Å²) in [5.41, 5.74) is -0.431. The number of aliphatic hydroxyl groups excluding tert-OH is 1. The largest absolute Gasteiger partial charge is 0.459 e. The van der Waals surface area contributed by atoms with Crippen molar-refractivity contribution in [3.05, 3.63) is 53.3 Å². The summed E-state index contributed by atoms with van der Waals surface area (Å²) < 4.78 is 12.7. The molecule has 6 atom stereocenters. The summed E-state index contributed by atoms with van der Waals surface area (Å²) in [6, 6.07) is 10.3. The Morgan fingerprint density at radius 2 is 2.00 bits per heavy atom. The van der Waals surface area contributed by atoms with Crippen LogP contribution in [-0.2, 0) is 9.47 Å². The van der Waals surface area contributed by atoms with Crippen LogP contribution in [0.15, 0.2) is 42.6 Å². The molecule has 2 saturated heterocycles. The third-order valence-electron chi connectivity index (χ3n) is 7.94. The number of rotatable bonds is 5. The van der Waals surface area contributed by atoms with Crippen LogP contribution in [0, 0.1) is 24.2 Å². The number of hydrogen-bond donors (Lipinski definition) is 2. The summed E-state index contributed by atoms with van der Waals surface area (Å²) in [6.45, 7) is 1.55. The Morgan fingerprint density at radius 1 is 1.27 bits per heavy atom. The van der Waals surface area contributed by atoms with Gasteiger partial charge in [-0.1, -0.05) is 42.1 Å². The van der Waals surface area contributed by atoms with Gasteiger partial charge in [-0.15, -0.1) is 6.42 Å². The lowest BCUT2D eigenvalue weighted by atomic mass is 9.93. The zero-order valence-corrected chi connectivity index (χ0v) is 20.8. The van der Waals surface area contributed by atoms with E-state index >= 15 is 0 Å². The number of hydrogen-bond acceptors (Lipinski definition) is 8. The van der Waals surface area contributed by atoms with Gasteiger partial charge in [0.15, 0.2) is 17.5 Å². The molecule has 3 aliphatic rings. The molecule has 2 aliphatic heterocycles. The summed E-state index contributed by atoms with van der Waals surface area (Å²) in [6.07, 6.45) is 7.12. The Labute approximate surface area is 218 Å². The van der Waals surface area contributed by atoms with E-state index in [4.69, 9.17) is 27.5 Å². The molecular weight excluding hydrogens is 496 g/mol. The highest BCUT2D eigenvalue weighted by molar-refractivity contribution is 6.30. The summed E-state index contributed by atoms with van der Waals surface area (Å²) in [5.74, 6) is 2.99. The molecule has 1 saturated carbocycles. The molecule has 0 amide bonds. The van der Waals surface area contributed by atoms with E-state index in [2.05, 4.69) is 20.9 Å². The third kappa shape index (κ3) is 4.05. The van der Waals surface area contributed by atoms with Gasteiger partial charge in [0, 0.05) is 13.1 Å². The van der Waals surface area contributed by atoms with E-state index in [1.807, 2.05) is 6.07 Å². The molecule has 0 radical (unpaired) electrons. The first-order valence-electron chi connectivity index (χ1n) is 12.4. The zero-order chi connectivity index (χ0) is 25.7. The van der Waals surface area contributed by atoms with Crippen LogP contribution in [0.3, 0.4) is 0 Å². The molecule has 0 bridgehead atoms. The van der Waals surface area contributed by atoms with E-state index in [1.54, 1.807) is 36.5 Å². The van der Waals surface area contributed by atoms with Crippen LogP contribution < -0.4 is 4.90 Å². The molecule has 2 N–H and O–H groups in total. The molecule has 6 rings (SSSR count). The summed E-state index contributed by atoms with van der Waals surface area (Å²) in [5, 5.41) is 27.7. The monoisotopic (exact) mass is 522 g/mol. The number of fused-ring (bicyclic) bond motifs is 2. The Morgan fingerprint density at radius 3 is 2.70 bits per heavy atom. The minimum Gasteiger partial charge on any atom is -0.459 e. The number of terminal acetylenes is 1. The first-order chi connectivity index (χ1) is 17.9. The number of ether oxygens (including phenoxy) is 2. The second kappa shape index (κ2) is 9.30. The molecule has 0 unspecified atom stereocenters. The number of nitrogens with zero attached hydrogens (tertiary/aromatic N) is 4. The standard InChI is InChI=1S/C27H27ClN4O5/c1-2-27(35)21(15-36-26(34)16-7-4-3-5-8-16)37-25(23(27)33)32-24-19(12-29-32)20(11-22(28)30-24)31-13-17-9-6-10-18(17)14-31/h1,3-5,7-8,11-12,17-18,21,23,25,33,35H,6,9-10,13-15H2/t17-,18+,21-,23+,25-,27-/m1/s1. The summed E-state index contributed by atoms with van der Waals surface area (Å²) >= 11 is 6.43. The van der Waals surface area contributed by atoms with Gasteiger partial charge in [0.2, 0.25) is 0 Å². The number of halogens is 1. The highest BCUT2D eigenvalue weighted by atomic mass is 35.5. The van der Waals surface area contributed by atoms with Gasteiger partial charge in [-0.3, -0.25) is 0 Å². The van der Waals surface area contributed by atoms with Crippen molar-refractivity contribution in [2.24, 2.45) is 11.8 Å². The predicted octanol–water partition coefficient (Wildman–Crippen LogP) is 2.80. The number of aliphatic hydroxyl groups is 2. The van der Waals surface area contributed by atoms with Crippen molar-refractivity contribution in [3.63, 3.8) is 0 Å². The molecule has 0 spiro atoms. The second-order valence-corrected chi connectivity index (χ2v) is 10.4. The Bertz CT molecular complexity index is 1360. The van der Waals surface area contributed by atoms with Crippen LogP contribution in [0.4, 0.5) is 5.69 Å². The fraction of sp³-hybridized carbons (Fsp3) is 0.444. The minimum atomic E-state index is -2.12. The van der Waals surface area contributed by atoms with Gasteiger partial charge < -0.3 is 24.6 Å². The molecule has 4 heterocycles. The van der Waals surface area contributed by atoms with Crippen LogP contribution in [0.2, 0.25) is 5.15 Å². The van der Waals surface area contributed by atoms with Gasteiger partial charge in [-0.2, -0.15) is 5.10 Å². The Kier molecular flexibility index (Phi) is 6.08. The van der Waals surface area contributed by atoms with E-state index in [0.29, 0.717) is 23.0 Å². The van der Waals surface area contributed by atoms with E-state index in [9.17, 15) is 15.0 Å². The quantitative estimate of drug-likeness (QED) is 0.299. The highest BCUT2D eigenvalue weighted by Crippen LogP contribution is 2.43. The lowest BCUT2D eigenvalue weighted by Crippen LogP contribution is -2.48. The van der Waals surface area contributed by atoms with Gasteiger partial charge >= 0.3 is 5.97 Å². The van der Waals surface area contributed by atoms with Crippen LogP contribution >= 0.6 is 11.6 Å². The third-order valence-corrected chi connectivity index (χ3v) is 8.14. The average molecular weight is 523 g/mol. The SMILES string of the molecule is C#C[C@@]1(O)[C@@H](COC(=O)c2ccccc2)O[C@@H](n2ncc3c(N4C[C@H]5CCC[C@H]5C4)cc(Cl)nc32)[C@@H]1O. The van der Waals surface area contributed by atoms with Gasteiger partial charge in [0.05, 0.1) is 22.8 Å². The lowest BCUT2D eigenvalue weighted by Gasteiger charge is -2.24. The predicted molar refractivity (Wildman–Crippen MR) is 136 cm³/mol. The first kappa shape index (κ1) is 24.2. The van der Waals surface area contributed by atoms with Crippen molar-refractivity contribution >= 4 is 34.3 Å². The average Bonchev–Trinajstić information content (AvgIpc) is 3.67. The van der Waals surface area contributed by atoms with Crippen LogP contribution in [0.1, 0.15) is 35.8 Å². The molecule has 2 aromatic heterocycles. The van der Waals surface area contributed by atoms with E-state index < -0.39 is 30.0 Å². The molecule has 1 aromatic carbocycles. The normalized spacial score (nSPS) is 31.0. The van der Waals surface area contributed by atoms with Crippen molar-refractivity contribution in [2.75, 3.05) is 24.6 Å². The summed E-state index contributed by atoms with van der Waals surface area (Å²) in [7, 11) is 0. The molecule has 1 aliphatic carbocycles. The molecule has 10 heteroatoms.